The molecule has 5 heteroatoms. The minimum atomic E-state index is -0.0504. The van der Waals surface area contributed by atoms with Gasteiger partial charge in [-0.25, -0.2) is 4.99 Å². The molecule has 1 heterocycles. The molecule has 1 aromatic rings. The van der Waals surface area contributed by atoms with Crippen LogP contribution in [0.3, 0.4) is 0 Å². The van der Waals surface area contributed by atoms with Crippen LogP contribution in [0.1, 0.15) is 17.3 Å². The maximum atomic E-state index is 11.0. The van der Waals surface area contributed by atoms with Crippen molar-refractivity contribution in [2.75, 3.05) is 0 Å². The Kier molecular flexibility index (Phi) is 2.38. The first kappa shape index (κ1) is 8.38. The van der Waals surface area contributed by atoms with Crippen molar-refractivity contribution >= 4 is 40.9 Å². The van der Waals surface area contributed by atoms with Crippen LogP contribution in [-0.2, 0) is 0 Å². The minimum Gasteiger partial charge on any atom is -0.294 e. The van der Waals surface area contributed by atoms with Gasteiger partial charge in [0.25, 0.3) is 0 Å². The van der Waals surface area contributed by atoms with Gasteiger partial charge in [-0.05, 0) is 36.2 Å². The number of nitrogens with zero attached hydrogens (tertiary/aromatic N) is 2. The van der Waals surface area contributed by atoms with Gasteiger partial charge in [-0.2, -0.15) is 5.10 Å². The van der Waals surface area contributed by atoms with Crippen LogP contribution < -0.4 is 0 Å². The van der Waals surface area contributed by atoms with Crippen molar-refractivity contribution < 1.29 is 4.79 Å². The standard InChI is InChI=1S/C6H6IN3O/c1-3(11)4-5(7)9-10-6(4)8-2/h2H2,1H3,(H,9,10). The Morgan fingerprint density at radius 1 is 1.82 bits per heavy atom. The predicted octanol–water partition coefficient (Wildman–Crippen LogP) is 1.55. The van der Waals surface area contributed by atoms with Crippen LogP contribution in [0, 0.1) is 3.70 Å². The third-order valence-corrected chi connectivity index (χ3v) is 1.99. The SMILES string of the molecule is C=Nc1[nH]nc(I)c1C(C)=O. The molecule has 0 saturated heterocycles. The highest BCUT2D eigenvalue weighted by Gasteiger charge is 2.13. The monoisotopic (exact) mass is 263 g/mol. The van der Waals surface area contributed by atoms with E-state index in [1.54, 1.807) is 0 Å². The highest BCUT2D eigenvalue weighted by atomic mass is 127. The van der Waals surface area contributed by atoms with E-state index in [0.717, 1.165) is 0 Å². The molecule has 11 heavy (non-hydrogen) atoms. The lowest BCUT2D eigenvalue weighted by Crippen LogP contribution is -1.92. The smallest absolute Gasteiger partial charge is 0.166 e. The molecule has 0 saturated carbocycles. The van der Waals surface area contributed by atoms with Crippen molar-refractivity contribution in [1.82, 2.24) is 10.2 Å². The maximum absolute atomic E-state index is 11.0. The molecule has 0 aliphatic rings. The number of ketones is 1. The topological polar surface area (TPSA) is 58.1 Å². The van der Waals surface area contributed by atoms with Gasteiger partial charge in [0.15, 0.2) is 11.6 Å². The average molecular weight is 263 g/mol. The van der Waals surface area contributed by atoms with E-state index in [-0.39, 0.29) is 5.78 Å². The molecule has 0 unspecified atom stereocenters. The molecule has 58 valence electrons. The van der Waals surface area contributed by atoms with Crippen LogP contribution in [0.25, 0.3) is 0 Å². The molecule has 0 radical (unpaired) electrons. The zero-order valence-corrected chi connectivity index (χ0v) is 8.05. The second-order valence-corrected chi connectivity index (χ2v) is 2.97. The Morgan fingerprint density at radius 3 is 2.82 bits per heavy atom. The summed E-state index contributed by atoms with van der Waals surface area (Å²) in [6, 6.07) is 0. The molecule has 0 aliphatic heterocycles. The van der Waals surface area contributed by atoms with E-state index in [0.29, 0.717) is 15.1 Å². The fourth-order valence-corrected chi connectivity index (χ4v) is 1.49. The fraction of sp³-hybridized carbons (Fsp3) is 0.167. The number of carbonyl (C=O) groups is 1. The number of aliphatic imine (C=N–C) groups is 1. The molecule has 0 bridgehead atoms. The maximum Gasteiger partial charge on any atom is 0.166 e. The average Bonchev–Trinajstić information content (AvgIpc) is 2.30. The fourth-order valence-electron chi connectivity index (χ4n) is 0.738. The number of aromatic nitrogens is 2. The third kappa shape index (κ3) is 1.47. The molecule has 1 rings (SSSR count). The summed E-state index contributed by atoms with van der Waals surface area (Å²) in [7, 11) is 0. The number of nitrogens with one attached hydrogen (secondary N) is 1. The van der Waals surface area contributed by atoms with Gasteiger partial charge in [0.2, 0.25) is 0 Å². The van der Waals surface area contributed by atoms with E-state index >= 15 is 0 Å². The molecule has 0 fully saturated rings. The second kappa shape index (κ2) is 3.12. The van der Waals surface area contributed by atoms with E-state index in [4.69, 9.17) is 0 Å². The summed E-state index contributed by atoms with van der Waals surface area (Å²) in [6.07, 6.45) is 0. The number of hydrogen-bond donors (Lipinski definition) is 1. The first-order valence-corrected chi connectivity index (χ1v) is 3.96. The Balaban J connectivity index is 3.28. The van der Waals surface area contributed by atoms with Gasteiger partial charge in [-0.15, -0.1) is 0 Å². The van der Waals surface area contributed by atoms with Crippen LogP contribution in [0.2, 0.25) is 0 Å². The molecule has 0 aromatic carbocycles. The van der Waals surface area contributed by atoms with Crippen molar-refractivity contribution in [3.05, 3.63) is 9.26 Å². The number of halogens is 1. The number of rotatable bonds is 2. The lowest BCUT2D eigenvalue weighted by Gasteiger charge is -1.90. The lowest BCUT2D eigenvalue weighted by atomic mass is 10.2. The van der Waals surface area contributed by atoms with Gasteiger partial charge in [-0.3, -0.25) is 9.89 Å². The summed E-state index contributed by atoms with van der Waals surface area (Å²) in [5, 5.41) is 6.41. The zero-order chi connectivity index (χ0) is 8.43. The normalized spacial score (nSPS) is 9.64. The number of H-pyrrole nitrogens is 1. The predicted molar refractivity (Wildman–Crippen MR) is 50.5 cm³/mol. The number of hydrogen-bond acceptors (Lipinski definition) is 3. The van der Waals surface area contributed by atoms with Crippen LogP contribution in [0.5, 0.6) is 0 Å². The second-order valence-electron chi connectivity index (χ2n) is 1.95. The molecule has 0 spiro atoms. The Morgan fingerprint density at radius 2 is 2.45 bits per heavy atom. The first-order valence-electron chi connectivity index (χ1n) is 2.88. The van der Waals surface area contributed by atoms with Gasteiger partial charge in [0, 0.05) is 0 Å². The van der Waals surface area contributed by atoms with Gasteiger partial charge < -0.3 is 0 Å². The highest BCUT2D eigenvalue weighted by molar-refractivity contribution is 14.1. The summed E-state index contributed by atoms with van der Waals surface area (Å²) in [5.41, 5.74) is 0.514. The van der Waals surface area contributed by atoms with Crippen LogP contribution in [-0.4, -0.2) is 22.7 Å². The van der Waals surface area contributed by atoms with E-state index in [1.165, 1.54) is 6.92 Å². The van der Waals surface area contributed by atoms with Gasteiger partial charge in [0.1, 0.15) is 3.70 Å². The van der Waals surface area contributed by atoms with Gasteiger partial charge in [0.05, 0.1) is 5.56 Å². The summed E-state index contributed by atoms with van der Waals surface area (Å²) >= 11 is 1.97. The van der Waals surface area contributed by atoms with E-state index in [9.17, 15) is 4.79 Å². The largest absolute Gasteiger partial charge is 0.294 e. The molecule has 0 amide bonds. The van der Waals surface area contributed by atoms with E-state index in [2.05, 4.69) is 21.9 Å². The third-order valence-electron chi connectivity index (χ3n) is 1.21. The molecule has 0 atom stereocenters. The minimum absolute atomic E-state index is 0.0504. The molecule has 4 nitrogen and oxygen atoms in total. The summed E-state index contributed by atoms with van der Waals surface area (Å²) in [6.45, 7) is 4.78. The molecule has 0 aliphatic carbocycles. The molecular formula is C6H6IN3O. The summed E-state index contributed by atoms with van der Waals surface area (Å²) in [4.78, 5) is 14.6. The van der Waals surface area contributed by atoms with Crippen molar-refractivity contribution in [3.63, 3.8) is 0 Å². The van der Waals surface area contributed by atoms with Crippen molar-refractivity contribution in [1.29, 1.82) is 0 Å². The molecular weight excluding hydrogens is 257 g/mol. The quantitative estimate of drug-likeness (QED) is 0.500. The van der Waals surface area contributed by atoms with Crippen LogP contribution in [0.4, 0.5) is 5.82 Å². The Hall–Kier alpha value is -0.720. The number of aromatic amines is 1. The van der Waals surface area contributed by atoms with Gasteiger partial charge in [-0.1, -0.05) is 0 Å². The summed E-state index contributed by atoms with van der Waals surface area (Å²) < 4.78 is 0.637. The van der Waals surface area contributed by atoms with E-state index < -0.39 is 0 Å². The lowest BCUT2D eigenvalue weighted by molar-refractivity contribution is 0.101. The van der Waals surface area contributed by atoms with E-state index in [1.807, 2.05) is 22.6 Å². The Bertz CT molecular complexity index is 305. The number of Topliss-reactive ketones (excluding diaryl/α,β-unsaturated/α-hetero) is 1. The first-order chi connectivity index (χ1) is 5.16. The van der Waals surface area contributed by atoms with Crippen LogP contribution >= 0.6 is 22.6 Å². The van der Waals surface area contributed by atoms with Crippen molar-refractivity contribution in [2.45, 2.75) is 6.92 Å². The summed E-state index contributed by atoms with van der Waals surface area (Å²) in [5.74, 6) is 0.396. The van der Waals surface area contributed by atoms with Crippen molar-refractivity contribution in [3.8, 4) is 0 Å². The zero-order valence-electron chi connectivity index (χ0n) is 5.89. The van der Waals surface area contributed by atoms with Crippen LogP contribution in [0.15, 0.2) is 4.99 Å². The number of carbonyl (C=O) groups excluding carboxylic acids is 1. The Labute approximate surface area is 77.2 Å². The highest BCUT2D eigenvalue weighted by Crippen LogP contribution is 2.20. The molecule has 1 N–H and O–H groups in total. The van der Waals surface area contributed by atoms with Crippen molar-refractivity contribution in [2.24, 2.45) is 4.99 Å². The molecule has 1 aromatic heterocycles. The van der Waals surface area contributed by atoms with Gasteiger partial charge >= 0.3 is 0 Å².